The zero-order chi connectivity index (χ0) is 25.5. The van der Waals surface area contributed by atoms with Gasteiger partial charge in [0.25, 0.3) is 0 Å². The van der Waals surface area contributed by atoms with Gasteiger partial charge >= 0.3 is 6.09 Å². The molecule has 0 spiro atoms. The Hall–Kier alpha value is -3.29. The van der Waals surface area contributed by atoms with E-state index >= 15 is 0 Å². The SMILES string of the molecule is CC(=O)Nc1cc2c(cn1)OCc1cc(OCC(C)CC(C)C)ccc1-2.CC(C)(C)OC(N)=O. The molecule has 1 aromatic heterocycles. The maximum atomic E-state index is 11.3. The minimum atomic E-state index is -0.725. The summed E-state index contributed by atoms with van der Waals surface area (Å²) >= 11 is 0. The molecule has 0 radical (unpaired) electrons. The summed E-state index contributed by atoms with van der Waals surface area (Å²) in [5, 5.41) is 2.72. The van der Waals surface area contributed by atoms with Crippen LogP contribution in [0.5, 0.6) is 11.5 Å². The maximum Gasteiger partial charge on any atom is 0.405 e. The van der Waals surface area contributed by atoms with Crippen LogP contribution in [0.2, 0.25) is 0 Å². The molecule has 0 saturated heterocycles. The van der Waals surface area contributed by atoms with Crippen LogP contribution in [0.1, 0.15) is 60.5 Å². The highest BCUT2D eigenvalue weighted by Crippen LogP contribution is 2.39. The fraction of sp³-hybridized carbons (Fsp3) is 0.500. The molecule has 1 aliphatic heterocycles. The van der Waals surface area contributed by atoms with Gasteiger partial charge in [0.1, 0.15) is 29.5 Å². The van der Waals surface area contributed by atoms with Crippen LogP contribution in [-0.2, 0) is 16.1 Å². The Balaban J connectivity index is 0.000000440. The lowest BCUT2D eigenvalue weighted by Gasteiger charge is -2.22. The Morgan fingerprint density at radius 1 is 1.18 bits per heavy atom. The number of fused-ring (bicyclic) bond motifs is 3. The summed E-state index contributed by atoms with van der Waals surface area (Å²) in [5.74, 6) is 3.17. The standard InChI is InChI=1S/C21H26N2O3.C5H11NO2/c1-13(2)7-14(3)11-25-17-5-6-18-16(8-17)12-26-20-10-22-21(9-19(18)20)23-15(4)24;1-5(2,3)8-4(6)7/h5-6,8-10,13-14H,7,11-12H2,1-4H3,(H,22,23,24);1-3H3,(H2,6,7). The first-order chi connectivity index (χ1) is 15.8. The lowest BCUT2D eigenvalue weighted by atomic mass is 9.97. The minimum Gasteiger partial charge on any atom is -0.493 e. The Labute approximate surface area is 202 Å². The molecule has 8 nitrogen and oxygen atoms in total. The van der Waals surface area contributed by atoms with Gasteiger partial charge < -0.3 is 25.3 Å². The molecular weight excluding hydrogens is 434 g/mol. The predicted octanol–water partition coefficient (Wildman–Crippen LogP) is 5.54. The number of primary amides is 1. The number of pyridine rings is 1. The van der Waals surface area contributed by atoms with E-state index in [0.29, 0.717) is 30.9 Å². The molecule has 2 amide bonds. The number of aromatic nitrogens is 1. The number of nitrogens with two attached hydrogens (primary N) is 1. The topological polar surface area (TPSA) is 113 Å². The van der Waals surface area contributed by atoms with E-state index in [4.69, 9.17) is 15.2 Å². The van der Waals surface area contributed by atoms with Crippen LogP contribution < -0.4 is 20.5 Å². The van der Waals surface area contributed by atoms with Crippen LogP contribution in [0.4, 0.5) is 10.6 Å². The van der Waals surface area contributed by atoms with Crippen molar-refractivity contribution >= 4 is 17.8 Å². The molecule has 1 aliphatic rings. The summed E-state index contributed by atoms with van der Waals surface area (Å²) in [5.41, 5.74) is 7.36. The maximum absolute atomic E-state index is 11.3. The van der Waals surface area contributed by atoms with Gasteiger partial charge in [-0.2, -0.15) is 0 Å². The van der Waals surface area contributed by atoms with Gasteiger partial charge in [-0.1, -0.05) is 26.8 Å². The van der Waals surface area contributed by atoms with Crippen molar-refractivity contribution in [3.05, 3.63) is 36.0 Å². The van der Waals surface area contributed by atoms with Crippen molar-refractivity contribution in [1.82, 2.24) is 4.98 Å². The van der Waals surface area contributed by atoms with Gasteiger partial charge in [0, 0.05) is 18.1 Å². The number of anilines is 1. The molecule has 2 heterocycles. The fourth-order valence-corrected chi connectivity index (χ4v) is 3.63. The number of ether oxygens (including phenoxy) is 3. The summed E-state index contributed by atoms with van der Waals surface area (Å²) < 4.78 is 16.4. The van der Waals surface area contributed by atoms with Crippen molar-refractivity contribution in [2.75, 3.05) is 11.9 Å². The highest BCUT2D eigenvalue weighted by atomic mass is 16.6. The predicted molar refractivity (Wildman–Crippen MR) is 133 cm³/mol. The van der Waals surface area contributed by atoms with Gasteiger partial charge in [-0.3, -0.25) is 4.79 Å². The summed E-state index contributed by atoms with van der Waals surface area (Å²) in [4.78, 5) is 25.5. The first-order valence-electron chi connectivity index (χ1n) is 11.5. The molecule has 1 aromatic carbocycles. The molecule has 186 valence electrons. The molecular formula is C26H37N3O5. The number of benzene rings is 1. The largest absolute Gasteiger partial charge is 0.493 e. The van der Waals surface area contributed by atoms with Crippen molar-refractivity contribution in [2.45, 2.75) is 67.1 Å². The second kappa shape index (κ2) is 11.7. The quantitative estimate of drug-likeness (QED) is 0.572. The Morgan fingerprint density at radius 3 is 2.44 bits per heavy atom. The van der Waals surface area contributed by atoms with Gasteiger partial charge in [-0.05, 0) is 62.8 Å². The molecule has 0 fully saturated rings. The van der Waals surface area contributed by atoms with Crippen molar-refractivity contribution in [2.24, 2.45) is 17.6 Å². The van der Waals surface area contributed by atoms with E-state index in [1.165, 1.54) is 6.92 Å². The van der Waals surface area contributed by atoms with E-state index in [1.54, 1.807) is 27.0 Å². The molecule has 0 aliphatic carbocycles. The number of nitrogens with one attached hydrogen (secondary N) is 1. The molecule has 3 N–H and O–H groups in total. The molecule has 2 aromatic rings. The van der Waals surface area contributed by atoms with E-state index < -0.39 is 11.7 Å². The number of hydrogen-bond donors (Lipinski definition) is 2. The van der Waals surface area contributed by atoms with Crippen molar-refractivity contribution in [3.63, 3.8) is 0 Å². The number of nitrogens with zero attached hydrogens (tertiary/aromatic N) is 1. The zero-order valence-electron chi connectivity index (χ0n) is 21.2. The third-order valence-electron chi connectivity index (χ3n) is 4.74. The van der Waals surface area contributed by atoms with E-state index in [1.807, 2.05) is 18.2 Å². The van der Waals surface area contributed by atoms with Crippen molar-refractivity contribution in [3.8, 4) is 22.6 Å². The third-order valence-corrected chi connectivity index (χ3v) is 4.74. The molecule has 0 saturated carbocycles. The van der Waals surface area contributed by atoms with Gasteiger partial charge in [-0.15, -0.1) is 0 Å². The summed E-state index contributed by atoms with van der Waals surface area (Å²) in [6.45, 7) is 14.6. The normalized spacial score (nSPS) is 12.8. The van der Waals surface area contributed by atoms with Crippen LogP contribution in [0.15, 0.2) is 30.5 Å². The molecule has 1 atom stereocenters. The average Bonchev–Trinajstić information content (AvgIpc) is 2.69. The molecule has 34 heavy (non-hydrogen) atoms. The van der Waals surface area contributed by atoms with Crippen LogP contribution in [0.25, 0.3) is 11.1 Å². The van der Waals surface area contributed by atoms with Gasteiger partial charge in [-0.25, -0.2) is 9.78 Å². The monoisotopic (exact) mass is 471 g/mol. The summed E-state index contributed by atoms with van der Waals surface area (Å²) in [7, 11) is 0. The van der Waals surface area contributed by atoms with Gasteiger partial charge in [0.15, 0.2) is 0 Å². The summed E-state index contributed by atoms with van der Waals surface area (Å²) in [6, 6.07) is 7.93. The number of rotatable bonds is 6. The second-order valence-corrected chi connectivity index (χ2v) is 9.93. The van der Waals surface area contributed by atoms with Crippen LogP contribution >= 0.6 is 0 Å². The van der Waals surface area contributed by atoms with Crippen LogP contribution in [-0.4, -0.2) is 29.2 Å². The van der Waals surface area contributed by atoms with Crippen molar-refractivity contribution in [1.29, 1.82) is 0 Å². The Bertz CT molecular complexity index is 998. The second-order valence-electron chi connectivity index (χ2n) is 9.93. The van der Waals surface area contributed by atoms with Crippen LogP contribution in [0.3, 0.4) is 0 Å². The van der Waals surface area contributed by atoms with Gasteiger partial charge in [0.2, 0.25) is 5.91 Å². The van der Waals surface area contributed by atoms with E-state index in [-0.39, 0.29) is 5.91 Å². The van der Waals surface area contributed by atoms with E-state index in [2.05, 4.69) is 41.9 Å². The number of carbonyl (C=O) groups is 2. The minimum absolute atomic E-state index is 0.145. The number of amides is 2. The van der Waals surface area contributed by atoms with E-state index in [9.17, 15) is 9.59 Å². The van der Waals surface area contributed by atoms with Crippen molar-refractivity contribution < 1.29 is 23.8 Å². The lowest BCUT2D eigenvalue weighted by molar-refractivity contribution is -0.114. The Kier molecular flexibility index (Phi) is 9.29. The Morgan fingerprint density at radius 2 is 1.88 bits per heavy atom. The molecule has 1 unspecified atom stereocenters. The number of carbonyl (C=O) groups excluding carboxylic acids is 2. The highest BCUT2D eigenvalue weighted by Gasteiger charge is 2.19. The number of hydrogen-bond acceptors (Lipinski definition) is 6. The first-order valence-corrected chi connectivity index (χ1v) is 11.5. The molecule has 0 bridgehead atoms. The third kappa shape index (κ3) is 8.92. The van der Waals surface area contributed by atoms with E-state index in [0.717, 1.165) is 34.6 Å². The molecule has 3 rings (SSSR count). The zero-order valence-corrected chi connectivity index (χ0v) is 21.2. The average molecular weight is 472 g/mol. The molecule has 8 heteroatoms. The fourth-order valence-electron chi connectivity index (χ4n) is 3.63. The first kappa shape index (κ1) is 27.0. The van der Waals surface area contributed by atoms with Gasteiger partial charge in [0.05, 0.1) is 12.8 Å². The highest BCUT2D eigenvalue weighted by molar-refractivity contribution is 5.89. The lowest BCUT2D eigenvalue weighted by Crippen LogP contribution is -2.27. The smallest absolute Gasteiger partial charge is 0.405 e. The summed E-state index contributed by atoms with van der Waals surface area (Å²) in [6.07, 6.45) is 2.08. The van der Waals surface area contributed by atoms with Crippen LogP contribution in [0, 0.1) is 11.8 Å².